The Hall–Kier alpha value is -1.39. The summed E-state index contributed by atoms with van der Waals surface area (Å²) < 4.78 is 14.7. The lowest BCUT2D eigenvalue weighted by Gasteiger charge is -2.12. The quantitative estimate of drug-likeness (QED) is 0.815. The maximum absolute atomic E-state index is 13.2. The number of hydrogen-bond donors (Lipinski definition) is 0. The Bertz CT molecular complexity index is 670. The van der Waals surface area contributed by atoms with Gasteiger partial charge in [0.05, 0.1) is 6.54 Å². The fourth-order valence-corrected chi connectivity index (χ4v) is 2.17. The van der Waals surface area contributed by atoms with Crippen LogP contribution in [0.5, 0.6) is 0 Å². The van der Waals surface area contributed by atoms with Crippen molar-refractivity contribution in [1.82, 2.24) is 9.55 Å². The van der Waals surface area contributed by atoms with E-state index in [1.807, 2.05) is 6.92 Å². The topological polar surface area (TPSA) is 34.9 Å². The van der Waals surface area contributed by atoms with Crippen LogP contribution in [0.2, 0.25) is 10.2 Å². The average Bonchev–Trinajstić information content (AvgIpc) is 2.36. The molecular formula is C13H11Cl2FN2O. The fourth-order valence-electron chi connectivity index (χ4n) is 1.80. The molecule has 0 saturated carbocycles. The van der Waals surface area contributed by atoms with E-state index in [1.165, 1.54) is 28.8 Å². The highest BCUT2D eigenvalue weighted by atomic mass is 35.5. The Kier molecular flexibility index (Phi) is 4.22. The highest BCUT2D eigenvalue weighted by Crippen LogP contribution is 2.18. The van der Waals surface area contributed by atoms with Crippen molar-refractivity contribution in [3.8, 4) is 0 Å². The Labute approximate surface area is 119 Å². The Morgan fingerprint density at radius 1 is 1.32 bits per heavy atom. The van der Waals surface area contributed by atoms with Crippen molar-refractivity contribution in [3.05, 3.63) is 62.0 Å². The third-order valence-electron chi connectivity index (χ3n) is 2.71. The van der Waals surface area contributed by atoms with Gasteiger partial charge < -0.3 is 0 Å². The third kappa shape index (κ3) is 3.14. The standard InChI is InChI=1S/C13H11Cl2FN2O/c1-2-12-17-11(15)6-13(19)18(12)7-8-5-9(16)3-4-10(8)14/h3-6H,2,7H2,1H3. The highest BCUT2D eigenvalue weighted by molar-refractivity contribution is 6.31. The molecule has 0 fully saturated rings. The Morgan fingerprint density at radius 3 is 2.74 bits per heavy atom. The molecule has 19 heavy (non-hydrogen) atoms. The minimum atomic E-state index is -0.396. The van der Waals surface area contributed by atoms with E-state index in [0.717, 1.165) is 0 Å². The van der Waals surface area contributed by atoms with Crippen molar-refractivity contribution in [3.63, 3.8) is 0 Å². The zero-order valence-corrected chi connectivity index (χ0v) is 11.7. The molecule has 1 aromatic heterocycles. The summed E-state index contributed by atoms with van der Waals surface area (Å²) in [5.41, 5.74) is 0.250. The molecule has 0 N–H and O–H groups in total. The Balaban J connectivity index is 2.49. The predicted octanol–water partition coefficient (Wildman–Crippen LogP) is 3.30. The lowest BCUT2D eigenvalue weighted by atomic mass is 10.2. The van der Waals surface area contributed by atoms with E-state index in [-0.39, 0.29) is 17.3 Å². The van der Waals surface area contributed by atoms with E-state index in [2.05, 4.69) is 4.98 Å². The van der Waals surface area contributed by atoms with Crippen molar-refractivity contribution >= 4 is 23.2 Å². The summed E-state index contributed by atoms with van der Waals surface area (Å²) in [6.45, 7) is 2.03. The molecule has 0 unspecified atom stereocenters. The number of rotatable bonds is 3. The number of nitrogens with zero attached hydrogens (tertiary/aromatic N) is 2. The largest absolute Gasteiger partial charge is 0.292 e. The van der Waals surface area contributed by atoms with Crippen LogP contribution in [0.1, 0.15) is 18.3 Å². The highest BCUT2D eigenvalue weighted by Gasteiger charge is 2.09. The molecule has 6 heteroatoms. The van der Waals surface area contributed by atoms with Crippen molar-refractivity contribution in [2.24, 2.45) is 0 Å². The molecule has 0 amide bonds. The van der Waals surface area contributed by atoms with E-state index in [4.69, 9.17) is 23.2 Å². The van der Waals surface area contributed by atoms with Gasteiger partial charge >= 0.3 is 0 Å². The lowest BCUT2D eigenvalue weighted by Crippen LogP contribution is -2.25. The number of hydrogen-bond acceptors (Lipinski definition) is 2. The molecule has 0 aliphatic heterocycles. The van der Waals surface area contributed by atoms with E-state index in [0.29, 0.717) is 22.8 Å². The predicted molar refractivity (Wildman–Crippen MR) is 73.4 cm³/mol. The van der Waals surface area contributed by atoms with Gasteiger partial charge in [-0.25, -0.2) is 9.37 Å². The van der Waals surface area contributed by atoms with E-state index < -0.39 is 5.82 Å². The van der Waals surface area contributed by atoms with Crippen molar-refractivity contribution in [1.29, 1.82) is 0 Å². The minimum Gasteiger partial charge on any atom is -0.292 e. The van der Waals surface area contributed by atoms with Crippen LogP contribution in [0.25, 0.3) is 0 Å². The van der Waals surface area contributed by atoms with Crippen LogP contribution < -0.4 is 5.56 Å². The van der Waals surface area contributed by atoms with E-state index in [1.54, 1.807) is 0 Å². The first-order valence-electron chi connectivity index (χ1n) is 5.71. The molecule has 1 heterocycles. The lowest BCUT2D eigenvalue weighted by molar-refractivity contribution is 0.619. The van der Waals surface area contributed by atoms with Gasteiger partial charge in [-0.05, 0) is 23.8 Å². The number of halogens is 3. The van der Waals surface area contributed by atoms with Crippen molar-refractivity contribution in [2.75, 3.05) is 0 Å². The van der Waals surface area contributed by atoms with Crippen LogP contribution in [-0.2, 0) is 13.0 Å². The second-order valence-corrected chi connectivity index (χ2v) is 4.80. The molecule has 0 bridgehead atoms. The fraction of sp³-hybridized carbons (Fsp3) is 0.231. The molecule has 2 aromatic rings. The zero-order valence-electron chi connectivity index (χ0n) is 10.2. The molecule has 0 radical (unpaired) electrons. The monoisotopic (exact) mass is 300 g/mol. The minimum absolute atomic E-state index is 0.156. The molecule has 2 rings (SSSR count). The van der Waals surface area contributed by atoms with Gasteiger partial charge in [-0.2, -0.15) is 0 Å². The summed E-state index contributed by atoms with van der Waals surface area (Å²) in [4.78, 5) is 16.0. The van der Waals surface area contributed by atoms with E-state index >= 15 is 0 Å². The number of benzene rings is 1. The molecule has 0 spiro atoms. The van der Waals surface area contributed by atoms with Gasteiger partial charge in [0.25, 0.3) is 5.56 Å². The second kappa shape index (κ2) is 5.72. The second-order valence-electron chi connectivity index (χ2n) is 4.01. The van der Waals surface area contributed by atoms with Gasteiger partial charge in [0, 0.05) is 17.5 Å². The summed E-state index contributed by atoms with van der Waals surface area (Å²) >= 11 is 11.7. The van der Waals surface area contributed by atoms with Gasteiger partial charge in [0.1, 0.15) is 16.8 Å². The van der Waals surface area contributed by atoms with Gasteiger partial charge in [-0.15, -0.1) is 0 Å². The molecule has 0 atom stereocenters. The van der Waals surface area contributed by atoms with Crippen LogP contribution in [0, 0.1) is 5.82 Å². The summed E-state index contributed by atoms with van der Waals surface area (Å²) in [7, 11) is 0. The number of aryl methyl sites for hydroxylation is 1. The Morgan fingerprint density at radius 2 is 2.05 bits per heavy atom. The molecule has 0 aliphatic rings. The molecule has 1 aromatic carbocycles. The SMILES string of the molecule is CCc1nc(Cl)cc(=O)n1Cc1cc(F)ccc1Cl. The van der Waals surface area contributed by atoms with Gasteiger partial charge in [0.15, 0.2) is 0 Å². The van der Waals surface area contributed by atoms with Crippen LogP contribution >= 0.6 is 23.2 Å². The number of aromatic nitrogens is 2. The first-order valence-corrected chi connectivity index (χ1v) is 6.47. The molecule has 100 valence electrons. The van der Waals surface area contributed by atoms with Gasteiger partial charge in [0.2, 0.25) is 0 Å². The van der Waals surface area contributed by atoms with Crippen molar-refractivity contribution in [2.45, 2.75) is 19.9 Å². The maximum atomic E-state index is 13.2. The smallest absolute Gasteiger partial charge is 0.255 e. The summed E-state index contributed by atoms with van der Waals surface area (Å²) in [6.07, 6.45) is 0.544. The van der Waals surface area contributed by atoms with Crippen LogP contribution in [0.4, 0.5) is 4.39 Å². The first-order chi connectivity index (χ1) is 9.01. The van der Waals surface area contributed by atoms with Crippen LogP contribution in [0.15, 0.2) is 29.1 Å². The zero-order chi connectivity index (χ0) is 14.0. The van der Waals surface area contributed by atoms with Crippen LogP contribution in [0.3, 0.4) is 0 Å². The van der Waals surface area contributed by atoms with E-state index in [9.17, 15) is 9.18 Å². The molecule has 3 nitrogen and oxygen atoms in total. The summed E-state index contributed by atoms with van der Waals surface area (Å²) in [5, 5.41) is 0.564. The average molecular weight is 301 g/mol. The summed E-state index contributed by atoms with van der Waals surface area (Å²) in [5.74, 6) is 0.144. The molecule has 0 saturated heterocycles. The summed E-state index contributed by atoms with van der Waals surface area (Å²) in [6, 6.07) is 5.28. The normalized spacial score (nSPS) is 10.7. The molecule has 0 aliphatic carbocycles. The van der Waals surface area contributed by atoms with Crippen LogP contribution in [-0.4, -0.2) is 9.55 Å². The maximum Gasteiger partial charge on any atom is 0.255 e. The van der Waals surface area contributed by atoms with Gasteiger partial charge in [-0.3, -0.25) is 9.36 Å². The first kappa shape index (κ1) is 14.0. The van der Waals surface area contributed by atoms with Crippen molar-refractivity contribution < 1.29 is 4.39 Å². The third-order valence-corrected chi connectivity index (χ3v) is 3.27. The van der Waals surface area contributed by atoms with Gasteiger partial charge in [-0.1, -0.05) is 30.1 Å². The molecular weight excluding hydrogens is 290 g/mol.